The Bertz CT molecular complexity index is 3590. The van der Waals surface area contributed by atoms with Crippen LogP contribution in [-0.4, -0.2) is 98.3 Å². The molecule has 1 amide bonds. The highest BCUT2D eigenvalue weighted by Gasteiger charge is 2.46. The maximum Gasteiger partial charge on any atom is 0.488 e. The molecule has 0 saturated carbocycles. The van der Waals surface area contributed by atoms with Crippen molar-refractivity contribution < 1.29 is 71.3 Å². The number of nitrogens with one attached hydrogen (secondary N) is 1. The number of rotatable bonds is 16. The third-order valence-corrected chi connectivity index (χ3v) is 16.2. The minimum Gasteiger partial charge on any atom is -0.423 e. The number of anilines is 2. The van der Waals surface area contributed by atoms with Gasteiger partial charge in [0.2, 0.25) is 11.6 Å². The van der Waals surface area contributed by atoms with Gasteiger partial charge in [0.1, 0.15) is 16.3 Å². The molecule has 0 fully saturated rings. The van der Waals surface area contributed by atoms with Crippen LogP contribution < -0.4 is 15.7 Å². The van der Waals surface area contributed by atoms with Crippen LogP contribution in [0.2, 0.25) is 0 Å². The lowest BCUT2D eigenvalue weighted by Crippen LogP contribution is -2.29. The normalized spacial score (nSPS) is 16.6. The lowest BCUT2D eigenvalue weighted by Gasteiger charge is -2.26. The summed E-state index contributed by atoms with van der Waals surface area (Å²) in [5.41, 5.74) is 2.74. The lowest BCUT2D eigenvalue weighted by molar-refractivity contribution is -0.438. The fraction of sp³-hybridized carbons (Fsp3) is 0.277. The molecule has 0 aromatic heterocycles. The highest BCUT2D eigenvalue weighted by molar-refractivity contribution is 7.87. The van der Waals surface area contributed by atoms with Crippen molar-refractivity contribution in [2.75, 3.05) is 23.3 Å². The van der Waals surface area contributed by atoms with Gasteiger partial charge in [-0.05, 0) is 110 Å². The summed E-state index contributed by atoms with van der Waals surface area (Å²) in [6, 6.07) is 16.2. The van der Waals surface area contributed by atoms with Crippen molar-refractivity contribution in [2.24, 2.45) is 0 Å². The van der Waals surface area contributed by atoms with Crippen LogP contribution in [0.3, 0.4) is 0 Å². The molecule has 370 valence electrons. The van der Waals surface area contributed by atoms with Gasteiger partial charge in [-0.25, -0.2) is 0 Å². The van der Waals surface area contributed by atoms with Crippen molar-refractivity contribution in [2.45, 2.75) is 90.7 Å². The van der Waals surface area contributed by atoms with E-state index in [2.05, 4.69) is 5.32 Å². The molecule has 70 heavy (non-hydrogen) atoms. The fourth-order valence-electron chi connectivity index (χ4n) is 9.64. The first kappa shape index (κ1) is 52.2. The average Bonchev–Trinajstić information content (AvgIpc) is 3.62. The summed E-state index contributed by atoms with van der Waals surface area (Å²) in [5, 5.41) is 22.0. The van der Waals surface area contributed by atoms with Gasteiger partial charge in [-0.3, -0.25) is 23.0 Å². The summed E-state index contributed by atoms with van der Waals surface area (Å²) in [6.07, 6.45) is 10.9. The van der Waals surface area contributed by atoms with E-state index >= 15 is 0 Å². The molecular weight excluding hydrogens is 986 g/mol. The molecule has 0 unspecified atom stereocenters. The van der Waals surface area contributed by atoms with Gasteiger partial charge in [0, 0.05) is 70.4 Å². The predicted octanol–water partition coefficient (Wildman–Crippen LogP) is 6.05. The van der Waals surface area contributed by atoms with E-state index in [0.717, 1.165) is 5.70 Å². The number of benzene rings is 5. The average molecular weight is 1040 g/mol. The van der Waals surface area contributed by atoms with E-state index in [-0.39, 0.29) is 39.3 Å². The number of nitrogens with zero attached hydrogens (tertiary/aromatic N) is 2. The Morgan fingerprint density at radius 3 is 1.74 bits per heavy atom. The molecule has 0 atom stereocenters. The first-order chi connectivity index (χ1) is 32.5. The van der Waals surface area contributed by atoms with Crippen molar-refractivity contribution in [1.82, 2.24) is 0 Å². The van der Waals surface area contributed by atoms with E-state index in [4.69, 9.17) is 0 Å². The fourth-order valence-corrected chi connectivity index (χ4v) is 12.3. The van der Waals surface area contributed by atoms with Crippen molar-refractivity contribution in [3.05, 3.63) is 120 Å². The maximum absolute atomic E-state index is 12.8. The molecule has 23 heteroatoms. The van der Waals surface area contributed by atoms with Crippen LogP contribution in [0, 0.1) is 0 Å². The Balaban J connectivity index is 1.23. The number of unbranched alkanes of at least 4 members (excludes halogenated alkanes) is 2. The highest BCUT2D eigenvalue weighted by atomic mass is 32.2. The molecule has 18 nitrogen and oxygen atoms in total. The summed E-state index contributed by atoms with van der Waals surface area (Å²) in [6.45, 7) is 10.2. The molecule has 0 spiro atoms. The summed E-state index contributed by atoms with van der Waals surface area (Å²) in [5.74, 6) is -0.240. The first-order valence-electron chi connectivity index (χ1n) is 21.8. The molecule has 0 bridgehead atoms. The zero-order valence-corrected chi connectivity index (χ0v) is 41.8. The van der Waals surface area contributed by atoms with Gasteiger partial charge < -0.3 is 20.3 Å². The van der Waals surface area contributed by atoms with Gasteiger partial charge in [0.15, 0.2) is 5.71 Å². The lowest BCUT2D eigenvalue weighted by atomic mass is 9.79. The first-order valence-corrected chi connectivity index (χ1v) is 27.6. The largest absolute Gasteiger partial charge is 0.488 e. The molecule has 0 radical (unpaired) electrons. The van der Waals surface area contributed by atoms with Gasteiger partial charge >= 0.3 is 7.12 Å². The quantitative estimate of drug-likeness (QED) is 0.0195. The molecule has 2 aliphatic heterocycles. The Morgan fingerprint density at radius 2 is 1.21 bits per heavy atom. The summed E-state index contributed by atoms with van der Waals surface area (Å²) < 4.78 is 142. The second kappa shape index (κ2) is 18.9. The van der Waals surface area contributed by atoms with Crippen molar-refractivity contribution >= 4 is 103 Å². The van der Waals surface area contributed by atoms with E-state index in [1.165, 1.54) is 36.4 Å². The minimum atomic E-state index is -4.98. The number of hydrogen-bond donors (Lipinski definition) is 7. The standard InChI is InChI=1S/C47H50BN3O15S4/c1-6-50-37-22-20-33-35(25-31(67(55,56)57)27-39(33)69(61,62)63)44(37)46(2,3)41(50)13-9-7-10-14-42-47(4,5)45-36-26-32(68(58,59)60)28-40(70(64,65)66)34(36)21-23-38(45)51(42)24-12-8-11-15-43(52)49-30-18-16-29(17-19-30)48(53)54/h7,9-10,13-14,16-23,25-28,53-54H,6,8,11-12,15,24H2,1-5H3,(H4-,49,52,55,56,57,58,59,60,61,62,63,64,65,66)/p+1. The number of amides is 1. The van der Waals surface area contributed by atoms with Crippen LogP contribution in [0.4, 0.5) is 17.1 Å². The highest BCUT2D eigenvalue weighted by Crippen LogP contribution is 2.52. The monoisotopic (exact) mass is 1040 g/mol. The van der Waals surface area contributed by atoms with Gasteiger partial charge in [-0.2, -0.15) is 38.2 Å². The zero-order chi connectivity index (χ0) is 51.5. The van der Waals surface area contributed by atoms with Crippen LogP contribution in [0.15, 0.2) is 128 Å². The summed E-state index contributed by atoms with van der Waals surface area (Å²) >= 11 is 0. The molecule has 2 heterocycles. The molecule has 5 aromatic carbocycles. The molecule has 0 aliphatic carbocycles. The van der Waals surface area contributed by atoms with Crippen LogP contribution in [-0.2, 0) is 56.1 Å². The Labute approximate surface area is 406 Å². The zero-order valence-electron chi connectivity index (χ0n) is 38.5. The van der Waals surface area contributed by atoms with Gasteiger partial charge in [0.25, 0.3) is 40.5 Å². The molecule has 0 saturated heterocycles. The van der Waals surface area contributed by atoms with E-state index in [1.807, 2.05) is 56.2 Å². The number of allylic oxidation sites excluding steroid dienone is 6. The van der Waals surface area contributed by atoms with E-state index in [0.29, 0.717) is 78.4 Å². The summed E-state index contributed by atoms with van der Waals surface area (Å²) in [7, 11) is -21.4. The molecule has 7 rings (SSSR count). The Kier molecular flexibility index (Phi) is 14.1. The second-order valence-electron chi connectivity index (χ2n) is 18.0. The maximum atomic E-state index is 12.8. The third-order valence-electron chi connectivity index (χ3n) is 12.8. The minimum absolute atomic E-state index is 0.0310. The SMILES string of the molecule is CCN1/C(=C/C=C/C=C/C2=[N+](CCCCCC(=O)Nc3ccc(B(O)O)cc3)c3ccc4c(S(=O)(=O)O)cc(S(=O)(=O)O)cc4c3C2(C)C)C(C)(C)c2c1ccc1c(S(=O)(=O)O)cc(S(=O)(=O)O)cc21. The van der Waals surface area contributed by atoms with Gasteiger partial charge in [0.05, 0.1) is 15.2 Å². The van der Waals surface area contributed by atoms with Gasteiger partial charge in [-0.1, -0.05) is 50.3 Å². The number of hydrogen-bond acceptors (Lipinski definition) is 12. The molecule has 7 N–H and O–H groups in total. The van der Waals surface area contributed by atoms with Crippen molar-refractivity contribution in [3.8, 4) is 0 Å². The van der Waals surface area contributed by atoms with E-state index in [1.54, 1.807) is 42.5 Å². The number of fused-ring (bicyclic) bond motifs is 6. The molecule has 2 aliphatic rings. The molecular formula is C47H51BN3O15S4+. The van der Waals surface area contributed by atoms with E-state index < -0.39 is 78.0 Å². The van der Waals surface area contributed by atoms with Crippen LogP contribution in [0.1, 0.15) is 71.4 Å². The smallest absolute Gasteiger partial charge is 0.423 e. The topological polar surface area (TPSA) is 293 Å². The van der Waals surface area contributed by atoms with Crippen LogP contribution in [0.25, 0.3) is 21.5 Å². The number of carbonyl (C=O) groups is 1. The molecule has 5 aromatic rings. The Hall–Kier alpha value is -5.60. The predicted molar refractivity (Wildman–Crippen MR) is 266 cm³/mol. The number of carbonyl (C=O) groups excluding carboxylic acids is 1. The van der Waals surface area contributed by atoms with E-state index in [9.17, 15) is 66.7 Å². The number of likely N-dealkylation sites (N-methyl/N-ethyl adjacent to an activating group) is 1. The van der Waals surface area contributed by atoms with Crippen LogP contribution >= 0.6 is 0 Å². The van der Waals surface area contributed by atoms with Crippen LogP contribution in [0.5, 0.6) is 0 Å². The Morgan fingerprint density at radius 1 is 0.657 bits per heavy atom. The second-order valence-corrected chi connectivity index (χ2v) is 23.7. The van der Waals surface area contributed by atoms with Gasteiger partial charge in [-0.15, -0.1) is 0 Å². The summed E-state index contributed by atoms with van der Waals surface area (Å²) in [4.78, 5) is 11.9. The van der Waals surface area contributed by atoms with Crippen molar-refractivity contribution in [3.63, 3.8) is 0 Å². The van der Waals surface area contributed by atoms with Crippen molar-refractivity contribution in [1.29, 1.82) is 0 Å². The third kappa shape index (κ3) is 10.1.